The second kappa shape index (κ2) is 5.31. The Labute approximate surface area is 88.0 Å². The monoisotopic (exact) mass is 248 g/mol. The molecule has 0 bridgehead atoms. The molecular weight excluding hydrogens is 238 g/mol. The highest BCUT2D eigenvalue weighted by Gasteiger charge is 2.29. The largest absolute Gasteiger partial charge is 0.394 e. The maximum Gasteiger partial charge on any atom is 0.394 e. The third kappa shape index (κ3) is 9.47. The number of rotatable bonds is 3. The normalized spacial score (nSPS) is 15.5. The Morgan fingerprint density at radius 2 is 1.00 bits per heavy atom. The van der Waals surface area contributed by atoms with Gasteiger partial charge in [0.05, 0.1) is 12.8 Å². The molecule has 8 heteroatoms. The van der Waals surface area contributed by atoms with Gasteiger partial charge in [-0.3, -0.25) is 0 Å². The van der Waals surface area contributed by atoms with Crippen LogP contribution in [0.25, 0.3) is 0 Å². The molecule has 0 saturated carbocycles. The van der Waals surface area contributed by atoms with Crippen molar-refractivity contribution in [1.82, 2.24) is 0 Å². The van der Waals surface area contributed by atoms with Crippen LogP contribution in [0.4, 0.5) is 26.3 Å². The van der Waals surface area contributed by atoms with E-state index >= 15 is 0 Å². The molecule has 0 aromatic heterocycles. The van der Waals surface area contributed by atoms with E-state index in [9.17, 15) is 26.3 Å². The second-order valence-electron chi connectivity index (χ2n) is 3.25. The summed E-state index contributed by atoms with van der Waals surface area (Å²) in [6.07, 6.45) is -11.4. The molecule has 16 heavy (non-hydrogen) atoms. The topological polar surface area (TPSA) is 24.7 Å². The fourth-order valence-electron chi connectivity index (χ4n) is 0.822. The molecule has 94 valence electrons. The Bertz CT molecular complexity index is 256. The summed E-state index contributed by atoms with van der Waals surface area (Å²) in [7, 11) is 0. The zero-order valence-corrected chi connectivity index (χ0v) is 8.58. The Morgan fingerprint density at radius 3 is 1.19 bits per heavy atom. The van der Waals surface area contributed by atoms with Gasteiger partial charge in [-0.25, -0.2) is 0 Å². The first-order valence-electron chi connectivity index (χ1n) is 4.20. The van der Waals surface area contributed by atoms with E-state index in [1.54, 1.807) is 0 Å². The van der Waals surface area contributed by atoms with Gasteiger partial charge in [0.25, 0.3) is 0 Å². The first kappa shape index (κ1) is 14.9. The highest BCUT2D eigenvalue weighted by molar-refractivity contribution is 5.86. The van der Waals surface area contributed by atoms with Gasteiger partial charge in [0.2, 0.25) is 0 Å². The molecule has 0 unspecified atom stereocenters. The Hall–Kier alpha value is -1.08. The van der Waals surface area contributed by atoms with Crippen LogP contribution in [0.5, 0.6) is 0 Å². The number of alkyl halides is 6. The van der Waals surface area contributed by atoms with Crippen LogP contribution in [0.15, 0.2) is 10.2 Å². The summed E-state index contributed by atoms with van der Waals surface area (Å²) >= 11 is 0. The van der Waals surface area contributed by atoms with Crippen molar-refractivity contribution in [2.45, 2.75) is 39.0 Å². The van der Waals surface area contributed by atoms with Crippen LogP contribution in [0.2, 0.25) is 0 Å². The lowest BCUT2D eigenvalue weighted by Crippen LogP contribution is -2.14. The highest BCUT2D eigenvalue weighted by Crippen LogP contribution is 2.21. The van der Waals surface area contributed by atoms with Crippen molar-refractivity contribution in [2.24, 2.45) is 10.2 Å². The fraction of sp³-hybridized carbons (Fsp3) is 0.750. The molecule has 2 nitrogen and oxygen atoms in total. The van der Waals surface area contributed by atoms with Crippen LogP contribution >= 0.6 is 0 Å². The van der Waals surface area contributed by atoms with E-state index in [1.807, 2.05) is 0 Å². The van der Waals surface area contributed by atoms with Crippen molar-refractivity contribution in [3.63, 3.8) is 0 Å². The van der Waals surface area contributed by atoms with Crippen LogP contribution in [-0.4, -0.2) is 23.8 Å². The number of hydrogen-bond donors (Lipinski definition) is 0. The molecule has 0 aliphatic rings. The van der Waals surface area contributed by atoms with Gasteiger partial charge < -0.3 is 0 Å². The molecule has 0 aromatic rings. The molecule has 0 aliphatic carbocycles. The highest BCUT2D eigenvalue weighted by atomic mass is 19.4. The Balaban J connectivity index is 4.39. The van der Waals surface area contributed by atoms with Crippen LogP contribution in [-0.2, 0) is 0 Å². The zero-order valence-electron chi connectivity index (χ0n) is 8.58. The van der Waals surface area contributed by atoms with Crippen LogP contribution < -0.4 is 0 Å². The van der Waals surface area contributed by atoms with Crippen molar-refractivity contribution < 1.29 is 26.3 Å². The second-order valence-corrected chi connectivity index (χ2v) is 3.25. The smallest absolute Gasteiger partial charge is 0.171 e. The molecule has 0 rings (SSSR count). The summed E-state index contributed by atoms with van der Waals surface area (Å²) in [4.78, 5) is 0. The van der Waals surface area contributed by atoms with Gasteiger partial charge in [0.1, 0.15) is 0 Å². The average Bonchev–Trinajstić information content (AvgIpc) is 1.94. The van der Waals surface area contributed by atoms with E-state index in [0.717, 1.165) is 13.8 Å². The summed E-state index contributed by atoms with van der Waals surface area (Å²) in [5, 5.41) is 6.16. The molecule has 0 fully saturated rings. The zero-order chi connectivity index (χ0) is 13.0. The minimum atomic E-state index is -4.43. The maximum atomic E-state index is 11.8. The Kier molecular flexibility index (Phi) is 4.95. The molecule has 0 amide bonds. The standard InChI is InChI=1S/C8H10F6N2/c1-5(3-7(9,10)11)15-16-6(2)4-8(12,13)14/h3-4H2,1-2H3/b15-5-,16-6+. The summed E-state index contributed by atoms with van der Waals surface area (Å²) in [6.45, 7) is 2.11. The maximum absolute atomic E-state index is 11.8. The Morgan fingerprint density at radius 1 is 0.750 bits per heavy atom. The molecule has 0 spiro atoms. The fourth-order valence-corrected chi connectivity index (χ4v) is 0.822. The first-order valence-corrected chi connectivity index (χ1v) is 4.20. The van der Waals surface area contributed by atoms with E-state index in [2.05, 4.69) is 10.2 Å². The molecule has 0 radical (unpaired) electrons. The van der Waals surface area contributed by atoms with E-state index in [-0.39, 0.29) is 11.4 Å². The van der Waals surface area contributed by atoms with Gasteiger partial charge in [-0.15, -0.1) is 0 Å². The van der Waals surface area contributed by atoms with Gasteiger partial charge in [0, 0.05) is 11.4 Å². The minimum Gasteiger partial charge on any atom is -0.171 e. The molecule has 0 aliphatic heterocycles. The number of hydrogen-bond acceptors (Lipinski definition) is 2. The first-order chi connectivity index (χ1) is 6.99. The van der Waals surface area contributed by atoms with Gasteiger partial charge in [0.15, 0.2) is 0 Å². The van der Waals surface area contributed by atoms with Crippen molar-refractivity contribution in [2.75, 3.05) is 0 Å². The van der Waals surface area contributed by atoms with Crippen molar-refractivity contribution in [3.05, 3.63) is 0 Å². The molecule has 0 N–H and O–H groups in total. The van der Waals surface area contributed by atoms with Gasteiger partial charge in [-0.2, -0.15) is 36.5 Å². The third-order valence-electron chi connectivity index (χ3n) is 1.30. The van der Waals surface area contributed by atoms with Gasteiger partial charge in [-0.05, 0) is 13.8 Å². The molecule has 0 heterocycles. The summed E-state index contributed by atoms with van der Waals surface area (Å²) in [6, 6.07) is 0. The lowest BCUT2D eigenvalue weighted by atomic mass is 10.3. The van der Waals surface area contributed by atoms with Crippen molar-refractivity contribution in [3.8, 4) is 0 Å². The lowest BCUT2D eigenvalue weighted by molar-refractivity contribution is -0.122. The van der Waals surface area contributed by atoms with Crippen LogP contribution in [0, 0.1) is 0 Å². The number of nitrogens with zero attached hydrogens (tertiary/aromatic N) is 2. The SMILES string of the molecule is C/C(CC(F)(F)F)=N/N=C(\C)CC(F)(F)F. The van der Waals surface area contributed by atoms with Gasteiger partial charge >= 0.3 is 12.4 Å². The van der Waals surface area contributed by atoms with E-state index < -0.39 is 25.2 Å². The van der Waals surface area contributed by atoms with Gasteiger partial charge in [-0.1, -0.05) is 0 Å². The summed E-state index contributed by atoms with van der Waals surface area (Å²) in [5.41, 5.74) is -0.761. The molecule has 0 atom stereocenters. The lowest BCUT2D eigenvalue weighted by Gasteiger charge is -2.05. The molecule has 0 aromatic carbocycles. The van der Waals surface area contributed by atoms with Crippen LogP contribution in [0.1, 0.15) is 26.7 Å². The van der Waals surface area contributed by atoms with Crippen molar-refractivity contribution >= 4 is 11.4 Å². The predicted molar refractivity (Wildman–Crippen MR) is 47.6 cm³/mol. The molecule has 0 saturated heterocycles. The predicted octanol–water partition coefficient (Wildman–Crippen LogP) is 3.73. The summed E-state index contributed by atoms with van der Waals surface area (Å²) in [5.74, 6) is 0. The number of halogens is 6. The molecular formula is C8H10F6N2. The summed E-state index contributed by atoms with van der Waals surface area (Å²) < 4.78 is 70.8. The van der Waals surface area contributed by atoms with Crippen molar-refractivity contribution in [1.29, 1.82) is 0 Å². The van der Waals surface area contributed by atoms with E-state index in [4.69, 9.17) is 0 Å². The van der Waals surface area contributed by atoms with E-state index in [1.165, 1.54) is 0 Å². The van der Waals surface area contributed by atoms with E-state index in [0.29, 0.717) is 0 Å². The minimum absolute atomic E-state index is 0.381. The third-order valence-corrected chi connectivity index (χ3v) is 1.30. The van der Waals surface area contributed by atoms with Crippen LogP contribution in [0.3, 0.4) is 0 Å². The average molecular weight is 248 g/mol. The quantitative estimate of drug-likeness (QED) is 0.413.